The van der Waals surface area contributed by atoms with E-state index in [0.29, 0.717) is 11.1 Å². The van der Waals surface area contributed by atoms with Crippen LogP contribution in [0.15, 0.2) is 24.3 Å². The molecule has 2 rings (SSSR count). The van der Waals surface area contributed by atoms with E-state index in [0.717, 1.165) is 6.08 Å². The normalized spacial score (nSPS) is 16.8. The number of allylic oxidation sites excluding steroid dienone is 1. The maximum absolute atomic E-state index is 13.1. The Morgan fingerprint density at radius 3 is 2.71 bits per heavy atom. The Morgan fingerprint density at radius 2 is 2.07 bits per heavy atom. The number of carbonyl (C=O) groups excluding carboxylic acids is 1. The van der Waals surface area contributed by atoms with Crippen LogP contribution in [0.25, 0.3) is 6.08 Å². The zero-order valence-corrected chi connectivity index (χ0v) is 7.55. The molecular formula is C11H8F2O. The lowest BCUT2D eigenvalue weighted by Gasteiger charge is -2.09. The molecule has 0 fully saturated rings. The summed E-state index contributed by atoms with van der Waals surface area (Å²) in [5, 5.41) is 0. The van der Waals surface area contributed by atoms with Gasteiger partial charge in [-0.05, 0) is 24.6 Å². The van der Waals surface area contributed by atoms with Crippen LogP contribution in [0.4, 0.5) is 8.78 Å². The average Bonchev–Trinajstić information content (AvgIpc) is 2.42. The van der Waals surface area contributed by atoms with E-state index in [1.54, 1.807) is 0 Å². The Labute approximate surface area is 80.1 Å². The number of hydrogen-bond donors (Lipinski definition) is 0. The van der Waals surface area contributed by atoms with E-state index < -0.39 is 5.92 Å². The van der Waals surface area contributed by atoms with Crippen LogP contribution in [-0.4, -0.2) is 5.78 Å². The number of rotatable bonds is 1. The first-order chi connectivity index (χ1) is 6.50. The Hall–Kier alpha value is -1.51. The number of halogens is 2. The van der Waals surface area contributed by atoms with Crippen LogP contribution in [0, 0.1) is 0 Å². The molecule has 0 unspecified atom stereocenters. The van der Waals surface area contributed by atoms with Crippen molar-refractivity contribution < 1.29 is 13.6 Å². The standard InChI is InChI=1S/C11H8F2O/c1-7(14)8-2-3-10-9(6-8)4-5-11(10,12)13/h2-6H,1H3. The van der Waals surface area contributed by atoms with Crippen molar-refractivity contribution in [2.45, 2.75) is 12.8 Å². The summed E-state index contributed by atoms with van der Waals surface area (Å²) >= 11 is 0. The lowest BCUT2D eigenvalue weighted by Crippen LogP contribution is -2.07. The summed E-state index contributed by atoms with van der Waals surface area (Å²) in [6.07, 6.45) is 2.20. The Balaban J connectivity index is 2.55. The summed E-state index contributed by atoms with van der Waals surface area (Å²) < 4.78 is 26.2. The van der Waals surface area contributed by atoms with E-state index >= 15 is 0 Å². The van der Waals surface area contributed by atoms with Gasteiger partial charge in [-0.15, -0.1) is 0 Å². The largest absolute Gasteiger partial charge is 0.295 e. The van der Waals surface area contributed by atoms with Gasteiger partial charge in [-0.2, -0.15) is 8.78 Å². The molecule has 72 valence electrons. The van der Waals surface area contributed by atoms with Crippen molar-refractivity contribution in [2.24, 2.45) is 0 Å². The summed E-state index contributed by atoms with van der Waals surface area (Å²) in [6.45, 7) is 1.42. The van der Waals surface area contributed by atoms with Crippen LogP contribution in [0.5, 0.6) is 0 Å². The van der Waals surface area contributed by atoms with Gasteiger partial charge in [-0.3, -0.25) is 4.79 Å². The molecule has 1 nitrogen and oxygen atoms in total. The van der Waals surface area contributed by atoms with Crippen LogP contribution < -0.4 is 0 Å². The van der Waals surface area contributed by atoms with Gasteiger partial charge < -0.3 is 0 Å². The van der Waals surface area contributed by atoms with Gasteiger partial charge in [0.1, 0.15) is 0 Å². The fraction of sp³-hybridized carbons (Fsp3) is 0.182. The van der Waals surface area contributed by atoms with Crippen LogP contribution in [-0.2, 0) is 5.92 Å². The molecule has 0 N–H and O–H groups in total. The molecule has 0 saturated heterocycles. The third-order valence-electron chi connectivity index (χ3n) is 2.29. The van der Waals surface area contributed by atoms with Crippen molar-refractivity contribution in [3.05, 3.63) is 41.0 Å². The molecule has 3 heteroatoms. The van der Waals surface area contributed by atoms with E-state index in [4.69, 9.17) is 0 Å². The second-order valence-corrected chi connectivity index (χ2v) is 3.31. The quantitative estimate of drug-likeness (QED) is 0.628. The van der Waals surface area contributed by atoms with E-state index in [2.05, 4.69) is 0 Å². The van der Waals surface area contributed by atoms with Crippen LogP contribution in [0.3, 0.4) is 0 Å². The number of ketones is 1. The minimum absolute atomic E-state index is 0.0255. The zero-order chi connectivity index (χ0) is 10.3. The molecule has 0 aromatic heterocycles. The van der Waals surface area contributed by atoms with Crippen molar-refractivity contribution in [1.29, 1.82) is 0 Å². The van der Waals surface area contributed by atoms with Gasteiger partial charge in [-0.1, -0.05) is 18.2 Å². The Kier molecular flexibility index (Phi) is 1.77. The van der Waals surface area contributed by atoms with Gasteiger partial charge in [-0.25, -0.2) is 0 Å². The summed E-state index contributed by atoms with van der Waals surface area (Å²) in [7, 11) is 0. The monoisotopic (exact) mass is 194 g/mol. The minimum atomic E-state index is -2.88. The number of Topliss-reactive ketones (excluding diaryl/α,β-unsaturated/α-hetero) is 1. The lowest BCUT2D eigenvalue weighted by molar-refractivity contribution is 0.0558. The van der Waals surface area contributed by atoms with Crippen molar-refractivity contribution >= 4 is 11.9 Å². The summed E-state index contributed by atoms with van der Waals surface area (Å²) in [5.74, 6) is -3.00. The lowest BCUT2D eigenvalue weighted by atomic mass is 10.0. The molecule has 0 amide bonds. The number of alkyl halides is 2. The van der Waals surface area contributed by atoms with Crippen molar-refractivity contribution in [2.75, 3.05) is 0 Å². The molecule has 0 saturated carbocycles. The van der Waals surface area contributed by atoms with Crippen LogP contribution in [0.2, 0.25) is 0 Å². The van der Waals surface area contributed by atoms with Crippen molar-refractivity contribution in [3.63, 3.8) is 0 Å². The van der Waals surface area contributed by atoms with E-state index in [9.17, 15) is 13.6 Å². The van der Waals surface area contributed by atoms with E-state index in [1.165, 1.54) is 31.2 Å². The molecule has 0 heterocycles. The number of fused-ring (bicyclic) bond motifs is 1. The van der Waals surface area contributed by atoms with E-state index in [1.807, 2.05) is 0 Å². The van der Waals surface area contributed by atoms with Crippen molar-refractivity contribution in [3.8, 4) is 0 Å². The maximum Gasteiger partial charge on any atom is 0.292 e. The predicted octanol–water partition coefficient (Wildman–Crippen LogP) is 3.01. The highest BCUT2D eigenvalue weighted by molar-refractivity contribution is 5.95. The topological polar surface area (TPSA) is 17.1 Å². The molecule has 1 aliphatic carbocycles. The molecule has 0 aliphatic heterocycles. The van der Waals surface area contributed by atoms with E-state index in [-0.39, 0.29) is 11.3 Å². The van der Waals surface area contributed by atoms with Crippen LogP contribution >= 0.6 is 0 Å². The van der Waals surface area contributed by atoms with Gasteiger partial charge in [0.25, 0.3) is 5.92 Å². The second-order valence-electron chi connectivity index (χ2n) is 3.31. The fourth-order valence-electron chi connectivity index (χ4n) is 1.51. The minimum Gasteiger partial charge on any atom is -0.295 e. The summed E-state index contributed by atoms with van der Waals surface area (Å²) in [5.41, 5.74) is 0.872. The molecular weight excluding hydrogens is 186 g/mol. The van der Waals surface area contributed by atoms with Crippen LogP contribution in [0.1, 0.15) is 28.4 Å². The van der Waals surface area contributed by atoms with Gasteiger partial charge >= 0.3 is 0 Å². The fourth-order valence-corrected chi connectivity index (χ4v) is 1.51. The summed E-state index contributed by atoms with van der Waals surface area (Å²) in [4.78, 5) is 11.0. The first-order valence-corrected chi connectivity index (χ1v) is 4.23. The number of benzene rings is 1. The van der Waals surface area contributed by atoms with Gasteiger partial charge in [0, 0.05) is 11.1 Å². The predicted molar refractivity (Wildman–Crippen MR) is 49.4 cm³/mol. The number of carbonyl (C=O) groups is 1. The third-order valence-corrected chi connectivity index (χ3v) is 2.29. The van der Waals surface area contributed by atoms with Gasteiger partial charge in [0.05, 0.1) is 0 Å². The molecule has 1 aromatic rings. The van der Waals surface area contributed by atoms with Crippen molar-refractivity contribution in [1.82, 2.24) is 0 Å². The highest BCUT2D eigenvalue weighted by atomic mass is 19.3. The number of hydrogen-bond acceptors (Lipinski definition) is 1. The first-order valence-electron chi connectivity index (χ1n) is 4.23. The smallest absolute Gasteiger partial charge is 0.292 e. The second kappa shape index (κ2) is 2.74. The molecule has 0 bridgehead atoms. The molecule has 14 heavy (non-hydrogen) atoms. The first kappa shape index (κ1) is 9.06. The maximum atomic E-state index is 13.1. The molecule has 0 spiro atoms. The Morgan fingerprint density at radius 1 is 1.36 bits per heavy atom. The summed E-state index contributed by atoms with van der Waals surface area (Å²) in [6, 6.07) is 4.24. The van der Waals surface area contributed by atoms with Gasteiger partial charge in [0.15, 0.2) is 5.78 Å². The third kappa shape index (κ3) is 1.25. The molecule has 1 aromatic carbocycles. The SMILES string of the molecule is CC(=O)c1ccc2c(c1)C=CC2(F)F. The molecule has 0 radical (unpaired) electrons. The average molecular weight is 194 g/mol. The highest BCUT2D eigenvalue weighted by Gasteiger charge is 2.34. The Bertz CT molecular complexity index is 433. The van der Waals surface area contributed by atoms with Gasteiger partial charge in [0.2, 0.25) is 0 Å². The highest BCUT2D eigenvalue weighted by Crippen LogP contribution is 2.38. The molecule has 0 atom stereocenters. The molecule has 1 aliphatic rings. The zero-order valence-electron chi connectivity index (χ0n) is 7.55.